The summed E-state index contributed by atoms with van der Waals surface area (Å²) in [6, 6.07) is 0. The van der Waals surface area contributed by atoms with Crippen LogP contribution in [0.4, 0.5) is 0 Å². The van der Waals surface area contributed by atoms with E-state index in [1.807, 2.05) is 0 Å². The summed E-state index contributed by atoms with van der Waals surface area (Å²) >= 11 is 8.11. The first-order valence-corrected chi connectivity index (χ1v) is 48.5. The maximum atomic E-state index is 12.3. The number of aliphatic hydroxyl groups excluding tert-OH is 16. The van der Waals surface area contributed by atoms with Crippen LogP contribution in [0.5, 0.6) is 0 Å². The molecule has 708 valence electrons. The van der Waals surface area contributed by atoms with Crippen molar-refractivity contribution in [3.8, 4) is 0 Å². The van der Waals surface area contributed by atoms with Crippen LogP contribution < -0.4 is 0 Å². The third-order valence-corrected chi connectivity index (χ3v) is 29.1. The fourth-order valence-electron chi connectivity index (χ4n) is 14.3. The van der Waals surface area contributed by atoms with Crippen LogP contribution in [0.2, 0.25) is 0 Å². The van der Waals surface area contributed by atoms with Crippen molar-refractivity contribution in [3.05, 3.63) is 0 Å². The molecule has 30 heterocycles. The molecule has 0 spiro atoms. The molecule has 0 aliphatic carbocycles. The summed E-state index contributed by atoms with van der Waals surface area (Å²) < 4.78 is 99.7. The highest BCUT2D eigenvalue weighted by Gasteiger charge is 2.61. The van der Waals surface area contributed by atoms with Crippen LogP contribution >= 0.6 is 105 Å². The Balaban J connectivity index is 1.10. The number of thioether (sulfide) groups is 7. The van der Waals surface area contributed by atoms with E-state index in [2.05, 4.69) is 0 Å². The minimum absolute atomic E-state index is 0.116. The average molecular weight is 2020 g/mol. The summed E-state index contributed by atoms with van der Waals surface area (Å²) in [5.74, 6) is -12.1. The van der Waals surface area contributed by atoms with Gasteiger partial charge in [-0.15, -0.1) is 0 Å². The van der Waals surface area contributed by atoms with Crippen LogP contribution in [0.25, 0.3) is 0 Å². The normalized spacial score (nSPS) is 42.7. The lowest BCUT2D eigenvalue weighted by molar-refractivity contribution is -0.396. The molecule has 123 heavy (non-hydrogen) atoms. The molecule has 46 nitrogen and oxygen atoms in total. The van der Waals surface area contributed by atoms with Crippen LogP contribution in [0.1, 0.15) is 44.9 Å². The van der Waals surface area contributed by atoms with Crippen molar-refractivity contribution >= 4 is 147 Å². The standard InChI is InChI=1S/C69H107IO46S7/c70-15-23-54-38(85)46(93)62(101-23)110-55-24(16-117-8-1-31(71)72)103-64(48(95)40(55)87)112-57-26(18-119-10-3-33(75)76)105-66(50(97)42(57)89)114-59-28(20-121-12-5-35(79)80)107-68(52(99)44(59)91)116-61-30(22-123-14-7-37(83)84)108-69(53(100)45(61)92)115-60-29(21-122-13-6-36(81)82)106-67(51(98)43(60)90)113-58-27(19-120-11-4-34(77)78)104-65(49(96)41(58)88)111-56-25(17-118-9-2-32(73)74)102-63(109-54)47(94)39(56)86/h23-30,38-69,85-100H,1-22H2,(H,71,72)(H,73,74)(H,75,76)(H,77,78)(H,79,80)(H,81,82)(H,83,84)/t23-,24-,25-,26-,27-,28-,29-,30-,38-,39-,40-,41-,42-,43-,44-,45-,46-,47-,48-,49-,50-,51-,52-,53-,54-,55-,56-,57-,58-,59-,60-,61-,62-,63-,64-,65-,66-,67-,68-,69-/m1/s1. The predicted octanol–water partition coefficient (Wildman–Crippen LogP) is -7.45. The number of hydrogen-bond acceptors (Lipinski definition) is 46. The van der Waals surface area contributed by atoms with Gasteiger partial charge in [-0.1, -0.05) is 22.6 Å². The van der Waals surface area contributed by atoms with Gasteiger partial charge in [-0.2, -0.15) is 82.3 Å². The second-order valence-corrected chi connectivity index (χ2v) is 38.6. The molecular formula is C69H107IO46S7. The van der Waals surface area contributed by atoms with E-state index in [1.165, 1.54) is 0 Å². The summed E-state index contributed by atoms with van der Waals surface area (Å²) in [4.78, 5) is 82.2. The first-order valence-electron chi connectivity index (χ1n) is 38.9. The van der Waals surface area contributed by atoms with Gasteiger partial charge < -0.3 is 193 Å². The molecular weight excluding hydrogens is 1920 g/mol. The summed E-state index contributed by atoms with van der Waals surface area (Å²) in [6.45, 7) is 0. The third kappa shape index (κ3) is 28.9. The van der Waals surface area contributed by atoms with Gasteiger partial charge >= 0.3 is 41.8 Å². The summed E-state index contributed by atoms with van der Waals surface area (Å²) in [5.41, 5.74) is 0. The molecule has 0 saturated carbocycles. The zero-order valence-electron chi connectivity index (χ0n) is 65.1. The van der Waals surface area contributed by atoms with E-state index in [9.17, 15) is 151 Å². The SMILES string of the molecule is O=C(O)CCSC[C@H]1O[C@@H]2O[C@H]3[C@H](O)[C@@H](O)[C@@H](O[C@H]4[C@H](O)[C@@H](O)[C@@H](O[C@H]5[C@H](O)[C@@H](O)[C@@H](O[C@H]6[C@H](O)[C@@H](O)[C@@H](O[C@H]7[C@H](O)[C@@H](O)[C@@H](O[C@H]8[C@H](O)[C@@H](O)[C@@H](O[C@H]9[C@H](O)[C@@H](O)[C@@H](O[C@H]1[C@H](O)[C@H]2O)O[C@@H]9CI)O[C@@H]8CSCCC(=O)O)O[C@@H]7CSCCC(=O)O)O[C@@H]6CSCCC(=O)O)O[C@@H]5CSCCC(=O)O)O[C@@H]4CSCCC(=O)O)O[C@@H]3CSCCC(=O)O. The summed E-state index contributed by atoms with van der Waals surface area (Å²) in [7, 11) is 0. The third-order valence-electron chi connectivity index (χ3n) is 20.8. The lowest BCUT2D eigenvalue weighted by atomic mass is 9.95. The molecule has 0 unspecified atom stereocenters. The van der Waals surface area contributed by atoms with Crippen LogP contribution in [-0.4, -0.2) is 490 Å². The Bertz CT molecular complexity index is 3170. The average Bonchev–Trinajstić information content (AvgIpc) is 0.781. The molecule has 0 amide bonds. The highest BCUT2D eigenvalue weighted by molar-refractivity contribution is 14.1. The topological polar surface area (TPSA) is 732 Å². The molecule has 30 aliphatic heterocycles. The van der Waals surface area contributed by atoms with Gasteiger partial charge in [0.25, 0.3) is 0 Å². The Hall–Kier alpha value is -1.81. The van der Waals surface area contributed by atoms with Gasteiger partial charge in [0.15, 0.2) is 50.3 Å². The number of carbonyl (C=O) groups is 7. The molecule has 54 heteroatoms. The monoisotopic (exact) mass is 2020 g/mol. The van der Waals surface area contributed by atoms with Crippen LogP contribution in [-0.2, 0) is 109 Å². The van der Waals surface area contributed by atoms with Gasteiger partial charge in [0.2, 0.25) is 0 Å². The Labute approximate surface area is 744 Å². The van der Waals surface area contributed by atoms with Crippen LogP contribution in [0.3, 0.4) is 0 Å². The number of halogens is 1. The fourth-order valence-corrected chi connectivity index (χ4v) is 21.9. The van der Waals surface area contributed by atoms with Crippen molar-refractivity contribution in [2.75, 3.05) is 85.0 Å². The minimum atomic E-state index is -2.31. The van der Waals surface area contributed by atoms with Gasteiger partial charge in [-0.05, 0) is 0 Å². The molecule has 0 radical (unpaired) electrons. The summed E-state index contributed by atoms with van der Waals surface area (Å²) in [6.07, 6.45) is -83.1. The lowest BCUT2D eigenvalue weighted by Gasteiger charge is -2.51. The molecule has 0 aromatic heterocycles. The number of carboxylic acids is 7. The number of rotatable bonds is 36. The van der Waals surface area contributed by atoms with E-state index in [-0.39, 0.29) is 85.0 Å². The molecule has 30 rings (SSSR count). The summed E-state index contributed by atoms with van der Waals surface area (Å²) in [5, 5.41) is 261. The minimum Gasteiger partial charge on any atom is -0.481 e. The maximum Gasteiger partial charge on any atom is 0.304 e. The lowest BCUT2D eigenvalue weighted by Crippen LogP contribution is -2.69. The second kappa shape index (κ2) is 50.3. The van der Waals surface area contributed by atoms with E-state index in [1.54, 1.807) is 22.6 Å². The smallest absolute Gasteiger partial charge is 0.304 e. The number of ether oxygens (including phenoxy) is 16. The Morgan fingerprint density at radius 2 is 0.301 bits per heavy atom. The number of alkyl halides is 1. The molecule has 16 bridgehead atoms. The predicted molar refractivity (Wildman–Crippen MR) is 430 cm³/mol. The molecule has 40 atom stereocenters. The van der Waals surface area contributed by atoms with Crippen molar-refractivity contribution in [1.29, 1.82) is 0 Å². The van der Waals surface area contributed by atoms with Crippen molar-refractivity contribution in [2.45, 2.75) is 291 Å². The number of hydrogen-bond donors (Lipinski definition) is 23. The van der Waals surface area contributed by atoms with E-state index in [0.717, 1.165) is 82.3 Å². The van der Waals surface area contributed by atoms with Gasteiger partial charge in [-0.3, -0.25) is 33.6 Å². The van der Waals surface area contributed by atoms with Crippen molar-refractivity contribution < 1.29 is 227 Å². The Morgan fingerprint density at radius 1 is 0.187 bits per heavy atom. The van der Waals surface area contributed by atoms with Crippen LogP contribution in [0, 0.1) is 0 Å². The van der Waals surface area contributed by atoms with Crippen molar-refractivity contribution in [2.24, 2.45) is 0 Å². The fraction of sp³-hybridized carbons (Fsp3) is 0.899. The van der Waals surface area contributed by atoms with E-state index < -0.39 is 332 Å². The zero-order chi connectivity index (χ0) is 90.0. The van der Waals surface area contributed by atoms with Gasteiger partial charge in [0.05, 0.1) is 93.8 Å². The molecule has 23 N–H and O–H groups in total. The van der Waals surface area contributed by atoms with E-state index in [0.29, 0.717) is 0 Å². The maximum absolute atomic E-state index is 12.3. The largest absolute Gasteiger partial charge is 0.481 e. The molecule has 30 aliphatic rings. The highest BCUT2D eigenvalue weighted by Crippen LogP contribution is 2.43. The van der Waals surface area contributed by atoms with E-state index >= 15 is 0 Å². The highest BCUT2D eigenvalue weighted by atomic mass is 127. The van der Waals surface area contributed by atoms with Crippen molar-refractivity contribution in [1.82, 2.24) is 0 Å². The van der Waals surface area contributed by atoms with Gasteiger partial charge in [0, 0.05) is 85.0 Å². The second-order valence-electron chi connectivity index (χ2n) is 29.7. The molecule has 30 fully saturated rings. The van der Waals surface area contributed by atoms with Crippen LogP contribution in [0.15, 0.2) is 0 Å². The Morgan fingerprint density at radius 3 is 0.415 bits per heavy atom. The number of carboxylic acid groups (broad SMARTS) is 7. The molecule has 30 saturated heterocycles. The van der Waals surface area contributed by atoms with Gasteiger partial charge in [0.1, 0.15) is 146 Å². The van der Waals surface area contributed by atoms with Crippen molar-refractivity contribution in [3.63, 3.8) is 0 Å². The quantitative estimate of drug-likeness (QED) is 0.0157. The first-order chi connectivity index (χ1) is 58.4. The zero-order valence-corrected chi connectivity index (χ0v) is 72.9. The number of aliphatic hydroxyl groups is 16. The molecule has 0 aromatic carbocycles. The first kappa shape index (κ1) is 105. The Kier molecular flexibility index (Phi) is 42.9. The number of aliphatic carboxylic acids is 7. The molecule has 0 aromatic rings. The van der Waals surface area contributed by atoms with Gasteiger partial charge in [-0.25, -0.2) is 0 Å². The van der Waals surface area contributed by atoms with E-state index in [4.69, 9.17) is 75.8 Å².